The summed E-state index contributed by atoms with van der Waals surface area (Å²) in [7, 11) is 0. The first-order chi connectivity index (χ1) is 10.6. The zero-order valence-corrected chi connectivity index (χ0v) is 13.1. The van der Waals surface area contributed by atoms with Crippen LogP contribution in [0.5, 0.6) is 0 Å². The second kappa shape index (κ2) is 5.90. The van der Waals surface area contributed by atoms with E-state index in [-0.39, 0.29) is 11.9 Å². The smallest absolute Gasteiger partial charge is 0.227 e. The highest BCUT2D eigenvalue weighted by atomic mass is 16.5. The lowest BCUT2D eigenvalue weighted by Crippen LogP contribution is -2.32. The Morgan fingerprint density at radius 2 is 2.14 bits per heavy atom. The molecule has 3 heterocycles. The Labute approximate surface area is 128 Å². The molecule has 0 N–H and O–H groups in total. The van der Waals surface area contributed by atoms with Crippen molar-refractivity contribution >= 4 is 5.91 Å². The molecule has 0 unspecified atom stereocenters. The number of rotatable bonds is 4. The fourth-order valence-electron chi connectivity index (χ4n) is 2.89. The van der Waals surface area contributed by atoms with E-state index < -0.39 is 0 Å². The molecule has 1 atom stereocenters. The molecule has 1 amide bonds. The lowest BCUT2D eigenvalue weighted by atomic mass is 10.1. The summed E-state index contributed by atoms with van der Waals surface area (Å²) < 4.78 is 10.3. The highest BCUT2D eigenvalue weighted by Gasteiger charge is 2.33. The Morgan fingerprint density at radius 3 is 2.77 bits per heavy atom. The van der Waals surface area contributed by atoms with E-state index in [9.17, 15) is 4.79 Å². The molecule has 7 heteroatoms. The molecule has 1 aliphatic rings. The first-order valence-corrected chi connectivity index (χ1v) is 7.63. The number of nitrogens with zero attached hydrogens (tertiary/aromatic N) is 4. The standard InChI is InChI=1S/C15H20N4O3/c1-4-13-16-15(18-22-13)12-6-5-7-19(12)14(20)8-11-9(2)17-21-10(11)3/h12H,4-8H2,1-3H3/t12-/m1/s1. The van der Waals surface area contributed by atoms with E-state index in [1.807, 2.05) is 25.7 Å². The van der Waals surface area contributed by atoms with Gasteiger partial charge in [0.05, 0.1) is 18.2 Å². The van der Waals surface area contributed by atoms with Gasteiger partial charge in [0, 0.05) is 18.5 Å². The molecule has 1 saturated heterocycles. The Hall–Kier alpha value is -2.18. The summed E-state index contributed by atoms with van der Waals surface area (Å²) in [5.41, 5.74) is 1.65. The molecule has 0 saturated carbocycles. The monoisotopic (exact) mass is 304 g/mol. The second-order valence-corrected chi connectivity index (χ2v) is 5.62. The van der Waals surface area contributed by atoms with Gasteiger partial charge in [0.1, 0.15) is 5.76 Å². The van der Waals surface area contributed by atoms with Gasteiger partial charge in [-0.15, -0.1) is 0 Å². The predicted octanol–water partition coefficient (Wildman–Crippen LogP) is 2.14. The van der Waals surface area contributed by atoms with Crippen LogP contribution in [-0.4, -0.2) is 32.6 Å². The van der Waals surface area contributed by atoms with Crippen LogP contribution < -0.4 is 0 Å². The van der Waals surface area contributed by atoms with Crippen LogP contribution in [0.3, 0.4) is 0 Å². The summed E-state index contributed by atoms with van der Waals surface area (Å²) in [5, 5.41) is 7.92. The van der Waals surface area contributed by atoms with Gasteiger partial charge in [-0.1, -0.05) is 17.2 Å². The number of hydrogen-bond acceptors (Lipinski definition) is 6. The number of amides is 1. The van der Waals surface area contributed by atoms with Crippen LogP contribution >= 0.6 is 0 Å². The zero-order valence-electron chi connectivity index (χ0n) is 13.1. The minimum atomic E-state index is -0.0861. The van der Waals surface area contributed by atoms with Gasteiger partial charge < -0.3 is 13.9 Å². The van der Waals surface area contributed by atoms with Crippen molar-refractivity contribution in [3.8, 4) is 0 Å². The maximum atomic E-state index is 12.6. The first kappa shape index (κ1) is 14.7. The van der Waals surface area contributed by atoms with Crippen LogP contribution in [0, 0.1) is 13.8 Å². The normalized spacial score (nSPS) is 18.1. The maximum absolute atomic E-state index is 12.6. The topological polar surface area (TPSA) is 85.3 Å². The zero-order chi connectivity index (χ0) is 15.7. The fraction of sp³-hybridized carbons (Fsp3) is 0.600. The lowest BCUT2D eigenvalue weighted by molar-refractivity contribution is -0.131. The molecule has 7 nitrogen and oxygen atoms in total. The summed E-state index contributed by atoms with van der Waals surface area (Å²) in [6.45, 7) is 6.37. The fourth-order valence-corrected chi connectivity index (χ4v) is 2.89. The molecule has 2 aromatic heterocycles. The van der Waals surface area contributed by atoms with Gasteiger partial charge in [-0.05, 0) is 26.7 Å². The molecule has 2 aromatic rings. The molecule has 3 rings (SSSR count). The molecular formula is C15H20N4O3. The third-order valence-corrected chi connectivity index (χ3v) is 4.17. The average molecular weight is 304 g/mol. The quantitative estimate of drug-likeness (QED) is 0.860. The largest absolute Gasteiger partial charge is 0.361 e. The van der Waals surface area contributed by atoms with E-state index in [0.717, 1.165) is 30.6 Å². The van der Waals surface area contributed by atoms with Crippen molar-refractivity contribution in [3.05, 3.63) is 28.7 Å². The molecule has 0 aromatic carbocycles. The van der Waals surface area contributed by atoms with Crippen molar-refractivity contribution in [3.63, 3.8) is 0 Å². The molecule has 1 fully saturated rings. The van der Waals surface area contributed by atoms with Crippen LogP contribution in [-0.2, 0) is 17.6 Å². The summed E-state index contributed by atoms with van der Waals surface area (Å²) in [6, 6.07) is -0.0861. The molecule has 22 heavy (non-hydrogen) atoms. The Balaban J connectivity index is 1.76. The Morgan fingerprint density at radius 1 is 1.32 bits per heavy atom. The number of hydrogen-bond donors (Lipinski definition) is 0. The van der Waals surface area contributed by atoms with E-state index in [2.05, 4.69) is 15.3 Å². The molecule has 118 valence electrons. The van der Waals surface area contributed by atoms with Crippen molar-refractivity contribution in [2.24, 2.45) is 0 Å². The molecule has 1 aliphatic heterocycles. The van der Waals surface area contributed by atoms with Gasteiger partial charge in [0.25, 0.3) is 0 Å². The van der Waals surface area contributed by atoms with E-state index in [0.29, 0.717) is 30.3 Å². The van der Waals surface area contributed by atoms with Crippen molar-refractivity contribution in [2.75, 3.05) is 6.54 Å². The van der Waals surface area contributed by atoms with E-state index in [1.54, 1.807) is 0 Å². The van der Waals surface area contributed by atoms with Gasteiger partial charge in [-0.2, -0.15) is 4.98 Å². The Bertz CT molecular complexity index is 657. The van der Waals surface area contributed by atoms with Crippen LogP contribution in [0.25, 0.3) is 0 Å². The highest BCUT2D eigenvalue weighted by Crippen LogP contribution is 2.31. The summed E-state index contributed by atoms with van der Waals surface area (Å²) >= 11 is 0. The van der Waals surface area contributed by atoms with Crippen LogP contribution in [0.4, 0.5) is 0 Å². The molecule has 0 radical (unpaired) electrons. The number of carbonyl (C=O) groups is 1. The Kier molecular flexibility index (Phi) is 3.96. The third kappa shape index (κ3) is 2.63. The summed E-state index contributed by atoms with van der Waals surface area (Å²) in [5.74, 6) is 1.98. The van der Waals surface area contributed by atoms with E-state index in [4.69, 9.17) is 9.05 Å². The van der Waals surface area contributed by atoms with Crippen molar-refractivity contribution in [2.45, 2.75) is 52.5 Å². The average Bonchev–Trinajstić information content (AvgIpc) is 3.21. The van der Waals surface area contributed by atoms with Crippen molar-refractivity contribution < 1.29 is 13.8 Å². The molecule has 0 spiro atoms. The third-order valence-electron chi connectivity index (χ3n) is 4.17. The molecular weight excluding hydrogens is 284 g/mol. The van der Waals surface area contributed by atoms with Crippen molar-refractivity contribution in [1.82, 2.24) is 20.2 Å². The van der Waals surface area contributed by atoms with E-state index in [1.165, 1.54) is 0 Å². The van der Waals surface area contributed by atoms with Crippen LogP contribution in [0.15, 0.2) is 9.05 Å². The van der Waals surface area contributed by atoms with Gasteiger partial charge in [0.15, 0.2) is 5.82 Å². The lowest BCUT2D eigenvalue weighted by Gasteiger charge is -2.22. The minimum absolute atomic E-state index is 0.0553. The number of aryl methyl sites for hydroxylation is 3. The maximum Gasteiger partial charge on any atom is 0.227 e. The minimum Gasteiger partial charge on any atom is -0.361 e. The summed E-state index contributed by atoms with van der Waals surface area (Å²) in [6.07, 6.45) is 2.83. The molecule has 0 bridgehead atoms. The van der Waals surface area contributed by atoms with Gasteiger partial charge in [0.2, 0.25) is 11.8 Å². The SMILES string of the molecule is CCc1nc([C@H]2CCCN2C(=O)Cc2c(C)noc2C)no1. The highest BCUT2D eigenvalue weighted by molar-refractivity contribution is 5.79. The first-order valence-electron chi connectivity index (χ1n) is 7.63. The van der Waals surface area contributed by atoms with Gasteiger partial charge >= 0.3 is 0 Å². The number of likely N-dealkylation sites (tertiary alicyclic amines) is 1. The second-order valence-electron chi connectivity index (χ2n) is 5.62. The van der Waals surface area contributed by atoms with Crippen LogP contribution in [0.1, 0.15) is 54.5 Å². The predicted molar refractivity (Wildman–Crippen MR) is 77.0 cm³/mol. The van der Waals surface area contributed by atoms with Crippen LogP contribution in [0.2, 0.25) is 0 Å². The number of aromatic nitrogens is 3. The van der Waals surface area contributed by atoms with Gasteiger partial charge in [-0.3, -0.25) is 4.79 Å². The van der Waals surface area contributed by atoms with E-state index >= 15 is 0 Å². The summed E-state index contributed by atoms with van der Waals surface area (Å²) in [4.78, 5) is 18.9. The van der Waals surface area contributed by atoms with Crippen molar-refractivity contribution in [1.29, 1.82) is 0 Å². The van der Waals surface area contributed by atoms with Gasteiger partial charge in [-0.25, -0.2) is 0 Å². The molecule has 0 aliphatic carbocycles. The number of carbonyl (C=O) groups excluding carboxylic acids is 1.